The molecule has 1 aliphatic rings. The molecule has 15 heteroatoms. The Morgan fingerprint density at radius 3 is 2.24 bits per heavy atom. The highest BCUT2D eigenvalue weighted by atomic mass is 32.1. The first-order valence-electron chi connectivity index (χ1n) is 16.5. The molecule has 4 aromatic rings. The Kier molecular flexibility index (Phi) is 13.6. The number of unbranched alkanes of at least 4 members (excludes halogenated alkanes) is 3. The lowest BCUT2D eigenvalue weighted by Gasteiger charge is -2.26. The monoisotopic (exact) mass is 715 g/mol. The number of rotatable bonds is 18. The van der Waals surface area contributed by atoms with Crippen molar-refractivity contribution in [2.45, 2.75) is 51.4 Å². The van der Waals surface area contributed by atoms with Crippen LogP contribution in [0.1, 0.15) is 56.9 Å². The molecule has 0 atom stereocenters. The van der Waals surface area contributed by atoms with Gasteiger partial charge in [0.15, 0.2) is 10.5 Å². The van der Waals surface area contributed by atoms with Crippen LogP contribution >= 0.6 is 11.3 Å². The van der Waals surface area contributed by atoms with Gasteiger partial charge in [0.05, 0.1) is 31.3 Å². The van der Waals surface area contributed by atoms with Gasteiger partial charge in [-0.25, -0.2) is 14.8 Å². The molecule has 2 heterocycles. The summed E-state index contributed by atoms with van der Waals surface area (Å²) < 4.78 is 27.1. The number of nitrogens with zero attached hydrogens (tertiary/aromatic N) is 4. The molecule has 0 bridgehead atoms. The lowest BCUT2D eigenvalue weighted by atomic mass is 9.82. The smallest absolute Gasteiger partial charge is 0.330 e. The molecular formula is C36H37N5O9S. The van der Waals surface area contributed by atoms with Gasteiger partial charge in [-0.15, -0.1) is 0 Å². The number of aromatic nitrogens is 3. The number of hydrogen-bond acceptors (Lipinski definition) is 15. The van der Waals surface area contributed by atoms with Crippen molar-refractivity contribution in [3.8, 4) is 23.0 Å². The van der Waals surface area contributed by atoms with Gasteiger partial charge in [0.1, 0.15) is 23.0 Å². The van der Waals surface area contributed by atoms with Crippen LogP contribution in [0.4, 0.5) is 5.13 Å². The zero-order valence-corrected chi connectivity index (χ0v) is 28.5. The highest BCUT2D eigenvalue weighted by molar-refractivity contribution is 7.21. The van der Waals surface area contributed by atoms with Gasteiger partial charge in [-0.05, 0) is 93.8 Å². The Balaban J connectivity index is 1.05. The molecule has 0 amide bonds. The Morgan fingerprint density at radius 2 is 1.53 bits per heavy atom. The highest BCUT2D eigenvalue weighted by Crippen LogP contribution is 2.33. The molecule has 0 aliphatic heterocycles. The quantitative estimate of drug-likeness (QED) is 0.0240. The van der Waals surface area contributed by atoms with E-state index in [1.165, 1.54) is 35.8 Å². The number of carbonyl (C=O) groups is 4. The van der Waals surface area contributed by atoms with Crippen LogP contribution in [0.15, 0.2) is 72.6 Å². The minimum atomic E-state index is -0.429. The number of carbonyl (C=O) groups excluding carboxylic acids is 4. The summed E-state index contributed by atoms with van der Waals surface area (Å²) in [6.45, 7) is 4.60. The minimum Gasteiger partial charge on any atom is -0.494 e. The van der Waals surface area contributed by atoms with E-state index < -0.39 is 17.9 Å². The van der Waals surface area contributed by atoms with Crippen LogP contribution in [0.3, 0.4) is 0 Å². The topological polar surface area (TPSA) is 177 Å². The number of fused-ring (bicyclic) bond motifs is 1. The van der Waals surface area contributed by atoms with E-state index in [-0.39, 0.29) is 23.4 Å². The van der Waals surface area contributed by atoms with E-state index in [2.05, 4.69) is 32.1 Å². The fourth-order valence-corrected chi connectivity index (χ4v) is 5.99. The van der Waals surface area contributed by atoms with E-state index in [1.54, 1.807) is 36.7 Å². The second kappa shape index (κ2) is 18.9. The molecule has 1 saturated carbocycles. The van der Waals surface area contributed by atoms with Gasteiger partial charge in [0.2, 0.25) is 5.13 Å². The van der Waals surface area contributed by atoms with Crippen LogP contribution in [0, 0.1) is 11.8 Å². The number of hydrogen-bond donors (Lipinski definition) is 1. The average molecular weight is 716 g/mol. The van der Waals surface area contributed by atoms with E-state index in [1.807, 2.05) is 0 Å². The van der Waals surface area contributed by atoms with Crippen molar-refractivity contribution in [1.29, 1.82) is 0 Å². The molecule has 0 saturated heterocycles. The summed E-state index contributed by atoms with van der Waals surface area (Å²) in [5.41, 5.74) is 3.70. The molecule has 0 unspecified atom stereocenters. The van der Waals surface area contributed by atoms with Crippen molar-refractivity contribution in [2.24, 2.45) is 16.9 Å². The first-order valence-corrected chi connectivity index (χ1v) is 17.3. The number of benzene rings is 2. The van der Waals surface area contributed by atoms with Gasteiger partial charge in [0.25, 0.3) is 6.47 Å². The average Bonchev–Trinajstić information content (AvgIpc) is 3.57. The zero-order chi connectivity index (χ0) is 35.8. The number of hydrazone groups is 1. The second-order valence-electron chi connectivity index (χ2n) is 11.5. The Morgan fingerprint density at radius 1 is 0.863 bits per heavy atom. The zero-order valence-electron chi connectivity index (χ0n) is 27.7. The molecular weight excluding hydrogens is 678 g/mol. The molecule has 266 valence electrons. The van der Waals surface area contributed by atoms with Gasteiger partial charge in [-0.2, -0.15) is 10.1 Å². The molecule has 14 nitrogen and oxygen atoms in total. The Hall–Kier alpha value is -5.70. The van der Waals surface area contributed by atoms with Crippen LogP contribution in [0.5, 0.6) is 23.0 Å². The molecule has 1 aliphatic carbocycles. The van der Waals surface area contributed by atoms with E-state index in [4.69, 9.17) is 23.7 Å². The molecule has 2 aromatic heterocycles. The van der Waals surface area contributed by atoms with E-state index in [9.17, 15) is 19.2 Å². The lowest BCUT2D eigenvalue weighted by Crippen LogP contribution is -2.30. The maximum Gasteiger partial charge on any atom is 0.330 e. The number of thiazole rings is 1. The summed E-state index contributed by atoms with van der Waals surface area (Å²) in [5, 5.41) is 4.67. The first kappa shape index (κ1) is 36.6. The fourth-order valence-electron chi connectivity index (χ4n) is 5.27. The SMILES string of the molecule is C=CC(=O)OCCCCCCOc1ccc(OC(=O)C2CCC(C(=O)Oc3ccc(OC=O)cc3/C=N/Nc3nc4nccnc4s3)CC2)cc1. The van der Waals surface area contributed by atoms with Crippen LogP contribution in [0.25, 0.3) is 10.5 Å². The summed E-state index contributed by atoms with van der Waals surface area (Å²) in [4.78, 5) is 61.3. The van der Waals surface area contributed by atoms with Crippen molar-refractivity contribution in [3.05, 3.63) is 73.1 Å². The van der Waals surface area contributed by atoms with E-state index >= 15 is 0 Å². The summed E-state index contributed by atoms with van der Waals surface area (Å²) in [5.74, 6) is -0.352. The summed E-state index contributed by atoms with van der Waals surface area (Å²) in [6, 6.07) is 11.5. The van der Waals surface area contributed by atoms with Gasteiger partial charge in [-0.1, -0.05) is 17.9 Å². The van der Waals surface area contributed by atoms with Crippen molar-refractivity contribution in [2.75, 3.05) is 18.6 Å². The van der Waals surface area contributed by atoms with Gasteiger partial charge >= 0.3 is 17.9 Å². The van der Waals surface area contributed by atoms with Gasteiger partial charge < -0.3 is 23.7 Å². The standard InChI is InChI=1S/C36H37N5O9S/c1-2-31(43)47-20-6-4-3-5-19-46-27-11-13-28(14-12-27)49-34(44)24-7-9-25(10-8-24)35(45)50-30-16-15-29(48-23-42)21-26(30)22-39-41-36-40-32-33(51-36)38-18-17-37-32/h2,11-18,21-25H,1,3-10,19-20H2,(H,37,40,41)/b39-22+. The normalized spacial score (nSPS) is 15.5. The predicted octanol–water partition coefficient (Wildman–Crippen LogP) is 6.05. The van der Waals surface area contributed by atoms with Crippen LogP contribution in [-0.2, 0) is 23.9 Å². The maximum absolute atomic E-state index is 13.2. The van der Waals surface area contributed by atoms with Crippen molar-refractivity contribution < 1.29 is 42.9 Å². The van der Waals surface area contributed by atoms with Crippen LogP contribution in [-0.4, -0.2) is 58.8 Å². The Labute approximate surface area is 297 Å². The largest absolute Gasteiger partial charge is 0.494 e. The van der Waals surface area contributed by atoms with Crippen molar-refractivity contribution in [3.63, 3.8) is 0 Å². The first-order chi connectivity index (χ1) is 24.9. The minimum absolute atomic E-state index is 0.231. The maximum atomic E-state index is 13.2. The number of nitrogens with one attached hydrogen (secondary N) is 1. The number of anilines is 1. The fraction of sp³-hybridized carbons (Fsp3) is 0.333. The molecule has 1 fully saturated rings. The van der Waals surface area contributed by atoms with Crippen molar-refractivity contribution in [1.82, 2.24) is 15.0 Å². The number of esters is 3. The second-order valence-corrected chi connectivity index (χ2v) is 12.5. The molecule has 2 aromatic carbocycles. The third kappa shape index (κ3) is 11.2. The third-order valence-corrected chi connectivity index (χ3v) is 8.80. The molecule has 0 spiro atoms. The van der Waals surface area contributed by atoms with E-state index in [0.717, 1.165) is 31.8 Å². The van der Waals surface area contributed by atoms with Crippen LogP contribution < -0.4 is 24.4 Å². The third-order valence-electron chi connectivity index (χ3n) is 7.94. The molecule has 5 rings (SSSR count). The van der Waals surface area contributed by atoms with Crippen molar-refractivity contribution >= 4 is 57.5 Å². The summed E-state index contributed by atoms with van der Waals surface area (Å²) in [6.07, 6.45) is 11.1. The molecule has 1 N–H and O–H groups in total. The molecule has 51 heavy (non-hydrogen) atoms. The van der Waals surface area contributed by atoms with Gasteiger partial charge in [0, 0.05) is 24.0 Å². The Bertz CT molecular complexity index is 1810. The predicted molar refractivity (Wildman–Crippen MR) is 188 cm³/mol. The summed E-state index contributed by atoms with van der Waals surface area (Å²) in [7, 11) is 0. The van der Waals surface area contributed by atoms with E-state index in [0.29, 0.717) is 78.0 Å². The highest BCUT2D eigenvalue weighted by Gasteiger charge is 2.32. The lowest BCUT2D eigenvalue weighted by molar-refractivity contribution is -0.145. The number of ether oxygens (including phenoxy) is 5. The summed E-state index contributed by atoms with van der Waals surface area (Å²) >= 11 is 1.27. The molecule has 0 radical (unpaired) electrons. The van der Waals surface area contributed by atoms with Gasteiger partial charge in [-0.3, -0.25) is 19.8 Å². The van der Waals surface area contributed by atoms with Crippen LogP contribution in [0.2, 0.25) is 0 Å².